The molecule has 0 aliphatic carbocycles. The molecule has 0 fully saturated rings. The molecular formula is C19H27FN4OS. The summed E-state index contributed by atoms with van der Waals surface area (Å²) >= 11 is 5.24. The van der Waals surface area contributed by atoms with Crippen molar-refractivity contribution >= 4 is 18.1 Å². The molecule has 0 saturated heterocycles. The van der Waals surface area contributed by atoms with Crippen molar-refractivity contribution in [1.29, 1.82) is 0 Å². The summed E-state index contributed by atoms with van der Waals surface area (Å²) in [7, 11) is 0. The topological polar surface area (TPSA) is 62.7 Å². The Kier molecular flexibility index (Phi) is 6.69. The van der Waals surface area contributed by atoms with Crippen molar-refractivity contribution < 1.29 is 9.18 Å². The van der Waals surface area contributed by atoms with Crippen LogP contribution in [-0.4, -0.2) is 20.7 Å². The third-order valence-electron chi connectivity index (χ3n) is 4.04. The summed E-state index contributed by atoms with van der Waals surface area (Å²) in [5.41, 5.74) is 0.894. The van der Waals surface area contributed by atoms with E-state index in [2.05, 4.69) is 43.2 Å². The Morgan fingerprint density at radius 2 is 2.00 bits per heavy atom. The largest absolute Gasteiger partial charge is 0.348 e. The minimum absolute atomic E-state index is 0.00562. The van der Waals surface area contributed by atoms with Gasteiger partial charge in [-0.15, -0.1) is 0 Å². The van der Waals surface area contributed by atoms with E-state index in [-0.39, 0.29) is 29.7 Å². The number of carbonyl (C=O) groups excluding carboxylic acids is 1. The van der Waals surface area contributed by atoms with E-state index in [1.165, 1.54) is 12.1 Å². The van der Waals surface area contributed by atoms with Crippen LogP contribution in [0.3, 0.4) is 0 Å². The van der Waals surface area contributed by atoms with Gasteiger partial charge < -0.3 is 5.32 Å². The van der Waals surface area contributed by atoms with E-state index < -0.39 is 0 Å². The summed E-state index contributed by atoms with van der Waals surface area (Å²) < 4.78 is 15.4. The van der Waals surface area contributed by atoms with Gasteiger partial charge >= 0.3 is 0 Å². The standard InChI is InChI=1S/C19H27FN4OS/c1-5-6-16-22-23-18(26)24(16)12-17(25)21-15(11-19(2,3)4)13-7-9-14(20)10-8-13/h7-10,15H,5-6,11-12H2,1-4H3,(H,21,25)(H,23,26). The number of aryl methyl sites for hydroxylation is 1. The van der Waals surface area contributed by atoms with Crippen LogP contribution in [0.15, 0.2) is 24.3 Å². The van der Waals surface area contributed by atoms with Crippen molar-refractivity contribution in [2.75, 3.05) is 0 Å². The van der Waals surface area contributed by atoms with Gasteiger partial charge in [-0.25, -0.2) is 4.39 Å². The van der Waals surface area contributed by atoms with Gasteiger partial charge in [0.1, 0.15) is 18.2 Å². The zero-order chi connectivity index (χ0) is 19.3. The van der Waals surface area contributed by atoms with Crippen molar-refractivity contribution in [2.45, 2.75) is 59.5 Å². The number of carbonyl (C=O) groups is 1. The fourth-order valence-electron chi connectivity index (χ4n) is 2.87. The SMILES string of the molecule is CCCc1n[nH]c(=S)n1CC(=O)NC(CC(C)(C)C)c1ccc(F)cc1. The lowest BCUT2D eigenvalue weighted by molar-refractivity contribution is -0.122. The van der Waals surface area contributed by atoms with Gasteiger partial charge in [-0.05, 0) is 48.2 Å². The number of hydrogen-bond acceptors (Lipinski definition) is 3. The summed E-state index contributed by atoms with van der Waals surface area (Å²) in [5.74, 6) is 0.351. The van der Waals surface area contributed by atoms with Crippen molar-refractivity contribution in [3.63, 3.8) is 0 Å². The van der Waals surface area contributed by atoms with E-state index in [0.717, 1.165) is 30.7 Å². The molecule has 2 N–H and O–H groups in total. The van der Waals surface area contributed by atoms with Gasteiger partial charge in [-0.2, -0.15) is 5.10 Å². The van der Waals surface area contributed by atoms with Gasteiger partial charge in [-0.3, -0.25) is 14.5 Å². The van der Waals surface area contributed by atoms with Crippen LogP contribution in [0.4, 0.5) is 4.39 Å². The molecule has 1 aromatic carbocycles. The Bertz CT molecular complexity index is 789. The molecule has 0 aliphatic heterocycles. The monoisotopic (exact) mass is 378 g/mol. The third-order valence-corrected chi connectivity index (χ3v) is 4.35. The van der Waals surface area contributed by atoms with E-state index in [0.29, 0.717) is 4.77 Å². The fourth-order valence-corrected chi connectivity index (χ4v) is 3.09. The molecule has 0 spiro atoms. The van der Waals surface area contributed by atoms with Crippen LogP contribution in [0.25, 0.3) is 0 Å². The predicted octanol–water partition coefficient (Wildman–Crippen LogP) is 4.33. The number of nitrogens with one attached hydrogen (secondary N) is 2. The first-order valence-corrected chi connectivity index (χ1v) is 9.29. The normalized spacial score (nSPS) is 12.8. The molecule has 0 aliphatic rings. The van der Waals surface area contributed by atoms with E-state index in [4.69, 9.17) is 12.2 Å². The van der Waals surface area contributed by atoms with Crippen molar-refractivity contribution in [3.8, 4) is 0 Å². The average Bonchev–Trinajstić information content (AvgIpc) is 2.87. The van der Waals surface area contributed by atoms with E-state index in [9.17, 15) is 9.18 Å². The van der Waals surface area contributed by atoms with Crippen molar-refractivity contribution in [2.24, 2.45) is 5.41 Å². The molecule has 1 heterocycles. The maximum atomic E-state index is 13.3. The number of benzene rings is 1. The van der Waals surface area contributed by atoms with Crippen LogP contribution in [0.2, 0.25) is 0 Å². The highest BCUT2D eigenvalue weighted by molar-refractivity contribution is 7.71. The molecule has 5 nitrogen and oxygen atoms in total. The molecular weight excluding hydrogens is 351 g/mol. The van der Waals surface area contributed by atoms with Gasteiger partial charge in [-0.1, -0.05) is 39.8 Å². The van der Waals surface area contributed by atoms with E-state index >= 15 is 0 Å². The van der Waals surface area contributed by atoms with Gasteiger partial charge in [0.2, 0.25) is 5.91 Å². The van der Waals surface area contributed by atoms with Crippen molar-refractivity contribution in [1.82, 2.24) is 20.1 Å². The average molecular weight is 379 g/mol. The van der Waals surface area contributed by atoms with Crippen LogP contribution in [-0.2, 0) is 17.8 Å². The fraction of sp³-hybridized carbons (Fsp3) is 0.526. The molecule has 142 valence electrons. The summed E-state index contributed by atoms with van der Waals surface area (Å²) in [4.78, 5) is 12.7. The molecule has 2 aromatic rings. The molecule has 2 rings (SSSR count). The molecule has 0 bridgehead atoms. The summed E-state index contributed by atoms with van der Waals surface area (Å²) in [6.45, 7) is 8.51. The zero-order valence-corrected chi connectivity index (χ0v) is 16.6. The van der Waals surface area contributed by atoms with E-state index in [1.54, 1.807) is 16.7 Å². The second kappa shape index (κ2) is 8.58. The lowest BCUT2D eigenvalue weighted by atomic mass is 9.85. The summed E-state index contributed by atoms with van der Waals surface area (Å²) in [6, 6.07) is 6.08. The molecule has 26 heavy (non-hydrogen) atoms. The molecule has 1 amide bonds. The van der Waals surface area contributed by atoms with Gasteiger partial charge in [0, 0.05) is 6.42 Å². The van der Waals surface area contributed by atoms with Crippen LogP contribution in [0, 0.1) is 16.0 Å². The Balaban J connectivity index is 2.17. The maximum absolute atomic E-state index is 13.3. The molecule has 0 radical (unpaired) electrons. The van der Waals surface area contributed by atoms with Gasteiger partial charge in [0.15, 0.2) is 4.77 Å². The maximum Gasteiger partial charge on any atom is 0.240 e. The first-order chi connectivity index (χ1) is 12.2. The predicted molar refractivity (Wildman–Crippen MR) is 103 cm³/mol. The lowest BCUT2D eigenvalue weighted by Crippen LogP contribution is -2.34. The Morgan fingerprint density at radius 3 is 2.58 bits per heavy atom. The Morgan fingerprint density at radius 1 is 1.35 bits per heavy atom. The van der Waals surface area contributed by atoms with Crippen molar-refractivity contribution in [3.05, 3.63) is 46.2 Å². The number of amides is 1. The quantitative estimate of drug-likeness (QED) is 0.705. The molecule has 1 atom stereocenters. The second-order valence-corrected chi connectivity index (χ2v) is 8.10. The van der Waals surface area contributed by atoms with Gasteiger partial charge in [0.25, 0.3) is 0 Å². The third kappa shape index (κ3) is 5.76. The first-order valence-electron chi connectivity index (χ1n) is 8.88. The van der Waals surface area contributed by atoms with Crippen LogP contribution in [0.1, 0.15) is 58.0 Å². The summed E-state index contributed by atoms with van der Waals surface area (Å²) in [5, 5.41) is 10.0. The number of aromatic amines is 1. The van der Waals surface area contributed by atoms with Crippen LogP contribution >= 0.6 is 12.2 Å². The minimum atomic E-state index is -0.288. The highest BCUT2D eigenvalue weighted by atomic mass is 32.1. The van der Waals surface area contributed by atoms with Crippen LogP contribution in [0.5, 0.6) is 0 Å². The number of hydrogen-bond donors (Lipinski definition) is 2. The minimum Gasteiger partial charge on any atom is -0.348 e. The van der Waals surface area contributed by atoms with Crippen LogP contribution < -0.4 is 5.32 Å². The zero-order valence-electron chi connectivity index (χ0n) is 15.8. The smallest absolute Gasteiger partial charge is 0.240 e. The number of H-pyrrole nitrogens is 1. The number of nitrogens with zero attached hydrogens (tertiary/aromatic N) is 2. The summed E-state index contributed by atoms with van der Waals surface area (Å²) in [6.07, 6.45) is 2.41. The molecule has 1 unspecified atom stereocenters. The van der Waals surface area contributed by atoms with Gasteiger partial charge in [0.05, 0.1) is 6.04 Å². The number of rotatable bonds is 7. The van der Waals surface area contributed by atoms with E-state index in [1.807, 2.05) is 0 Å². The highest BCUT2D eigenvalue weighted by Gasteiger charge is 2.22. The molecule has 7 heteroatoms. The number of halogens is 1. The Hall–Kier alpha value is -2.02. The second-order valence-electron chi connectivity index (χ2n) is 7.72. The lowest BCUT2D eigenvalue weighted by Gasteiger charge is -2.27. The Labute approximate surface area is 159 Å². The molecule has 1 aromatic heterocycles. The first kappa shape index (κ1) is 20.3. The highest BCUT2D eigenvalue weighted by Crippen LogP contribution is 2.29. The number of aromatic nitrogens is 3. The molecule has 0 saturated carbocycles.